The molecule has 0 amide bonds. The van der Waals surface area contributed by atoms with E-state index in [1.165, 1.54) is 0 Å². The zero-order valence-electron chi connectivity index (χ0n) is 29.7. The van der Waals surface area contributed by atoms with Crippen molar-refractivity contribution < 1.29 is 0 Å². The number of hydrogen-bond donors (Lipinski definition) is 0. The average Bonchev–Trinajstić information content (AvgIpc) is 3.68. The van der Waals surface area contributed by atoms with Crippen molar-refractivity contribution in [3.63, 3.8) is 0 Å². The van der Waals surface area contributed by atoms with E-state index in [4.69, 9.17) is 24.9 Å². The summed E-state index contributed by atoms with van der Waals surface area (Å²) in [6.07, 6.45) is 1.81. The molecule has 10 aromatic rings. The van der Waals surface area contributed by atoms with E-state index in [2.05, 4.69) is 120 Å². The molecule has 55 heavy (non-hydrogen) atoms. The lowest BCUT2D eigenvalue weighted by atomic mass is 10.0. The third-order valence-electron chi connectivity index (χ3n) is 9.89. The highest BCUT2D eigenvalue weighted by Crippen LogP contribution is 2.38. The minimum Gasteiger partial charge on any atom is -0.290 e. The summed E-state index contributed by atoms with van der Waals surface area (Å²) in [6, 6.07) is 64.3. The van der Waals surface area contributed by atoms with E-state index < -0.39 is 0 Å². The molecule has 0 saturated carbocycles. The molecule has 6 heteroatoms. The van der Waals surface area contributed by atoms with E-state index in [1.807, 2.05) is 72.8 Å². The van der Waals surface area contributed by atoms with Crippen molar-refractivity contribution >= 4 is 22.1 Å². The van der Waals surface area contributed by atoms with E-state index in [9.17, 15) is 0 Å². The van der Waals surface area contributed by atoms with Gasteiger partial charge in [-0.05, 0) is 41.5 Å². The molecule has 0 saturated heterocycles. The first-order chi connectivity index (χ1) is 27.3. The largest absolute Gasteiger partial charge is 0.290 e. The molecule has 0 bridgehead atoms. The second-order valence-corrected chi connectivity index (χ2v) is 13.3. The Kier molecular flexibility index (Phi) is 8.04. The molecule has 6 nitrogen and oxygen atoms in total. The van der Waals surface area contributed by atoms with Gasteiger partial charge in [0.25, 0.3) is 0 Å². The summed E-state index contributed by atoms with van der Waals surface area (Å²) in [4.78, 5) is 25.3. The Labute approximate surface area is 318 Å². The van der Waals surface area contributed by atoms with Crippen LogP contribution in [0.2, 0.25) is 0 Å². The highest BCUT2D eigenvalue weighted by atomic mass is 15.1. The maximum absolute atomic E-state index is 5.33. The summed E-state index contributed by atoms with van der Waals surface area (Å²) in [5.74, 6) is 1.51. The van der Waals surface area contributed by atoms with Crippen molar-refractivity contribution in [3.05, 3.63) is 194 Å². The summed E-state index contributed by atoms with van der Waals surface area (Å²) in [5, 5.41) is 0. The number of nitrogens with zero attached hydrogens (tertiary/aromatic N) is 6. The molecule has 0 aliphatic rings. The van der Waals surface area contributed by atoms with Crippen LogP contribution in [-0.2, 0) is 0 Å². The van der Waals surface area contributed by atoms with E-state index in [-0.39, 0.29) is 0 Å². The van der Waals surface area contributed by atoms with Crippen molar-refractivity contribution in [3.8, 4) is 73.4 Å². The van der Waals surface area contributed by atoms with Crippen LogP contribution in [0.4, 0.5) is 0 Å². The fourth-order valence-electron chi connectivity index (χ4n) is 7.18. The van der Waals surface area contributed by atoms with Crippen molar-refractivity contribution in [1.82, 2.24) is 29.5 Å². The van der Waals surface area contributed by atoms with Gasteiger partial charge in [0.1, 0.15) is 22.4 Å². The Hall–Kier alpha value is -7.57. The van der Waals surface area contributed by atoms with E-state index >= 15 is 0 Å². The van der Waals surface area contributed by atoms with E-state index in [0.29, 0.717) is 5.82 Å². The maximum Gasteiger partial charge on any atom is 0.160 e. The first-order valence-corrected chi connectivity index (χ1v) is 18.3. The average molecular weight is 705 g/mol. The van der Waals surface area contributed by atoms with Gasteiger partial charge in [0.15, 0.2) is 5.82 Å². The standard InChI is InChI=1S/C49H32N6/c1-5-14-35(15-6-1)42-32-43(36-16-7-2-8-17-36)53-48(52-42)38-27-23-33(24-28-38)34-25-29-39(30-26-34)49-54-46-45-41(22-13-31-50-45)51-44(37-18-9-3-10-19-37)47(46)55(49)40-20-11-4-12-21-40/h1-32H. The first-order valence-electron chi connectivity index (χ1n) is 18.3. The molecule has 258 valence electrons. The highest BCUT2D eigenvalue weighted by Gasteiger charge is 2.22. The third-order valence-corrected chi connectivity index (χ3v) is 9.89. The van der Waals surface area contributed by atoms with Crippen LogP contribution < -0.4 is 0 Å². The monoisotopic (exact) mass is 704 g/mol. The van der Waals surface area contributed by atoms with Gasteiger partial charge >= 0.3 is 0 Å². The van der Waals surface area contributed by atoms with Crippen molar-refractivity contribution in [1.29, 1.82) is 0 Å². The molecule has 0 fully saturated rings. The number of hydrogen-bond acceptors (Lipinski definition) is 5. The Morgan fingerprint density at radius 3 is 1.45 bits per heavy atom. The second-order valence-electron chi connectivity index (χ2n) is 13.3. The number of benzene rings is 6. The van der Waals surface area contributed by atoms with Crippen molar-refractivity contribution in [2.24, 2.45) is 0 Å². The Balaban J connectivity index is 1.05. The molecule has 0 N–H and O–H groups in total. The summed E-state index contributed by atoms with van der Waals surface area (Å²) in [7, 11) is 0. The van der Waals surface area contributed by atoms with E-state index in [1.54, 1.807) is 6.20 Å². The van der Waals surface area contributed by atoms with Gasteiger partial charge in [-0.25, -0.2) is 19.9 Å². The zero-order valence-corrected chi connectivity index (χ0v) is 29.7. The van der Waals surface area contributed by atoms with Gasteiger partial charge in [-0.1, -0.05) is 158 Å². The second kappa shape index (κ2) is 13.8. The van der Waals surface area contributed by atoms with Gasteiger partial charge < -0.3 is 0 Å². The number of rotatable bonds is 7. The number of pyridine rings is 2. The number of aromatic nitrogens is 6. The molecule has 6 aromatic carbocycles. The Bertz CT molecular complexity index is 2870. The zero-order chi connectivity index (χ0) is 36.6. The summed E-state index contributed by atoms with van der Waals surface area (Å²) >= 11 is 0. The lowest BCUT2D eigenvalue weighted by Crippen LogP contribution is -2.00. The molecule has 10 rings (SSSR count). The molecule has 0 unspecified atom stereocenters. The van der Waals surface area contributed by atoms with Gasteiger partial charge in [-0.3, -0.25) is 9.55 Å². The van der Waals surface area contributed by atoms with Crippen LogP contribution in [-0.4, -0.2) is 29.5 Å². The van der Waals surface area contributed by atoms with Crippen molar-refractivity contribution in [2.45, 2.75) is 0 Å². The molecular formula is C49H32N6. The molecule has 0 spiro atoms. The lowest BCUT2D eigenvalue weighted by Gasteiger charge is -2.13. The third kappa shape index (κ3) is 6.02. The van der Waals surface area contributed by atoms with Crippen LogP contribution >= 0.6 is 0 Å². The predicted octanol–water partition coefficient (Wildman–Crippen LogP) is 11.8. The molecule has 0 atom stereocenters. The fraction of sp³-hybridized carbons (Fsp3) is 0. The van der Waals surface area contributed by atoms with Gasteiger partial charge in [-0.15, -0.1) is 0 Å². The Morgan fingerprint density at radius 1 is 0.364 bits per heavy atom. The number of imidazole rings is 1. The SMILES string of the molecule is c1ccc(-c2cc(-c3ccccc3)nc(-c3ccc(-c4ccc(-c5nc6c7ncccc7nc(-c7ccccc7)c6n5-c5ccccc5)cc4)cc3)n2)cc1. The van der Waals surface area contributed by atoms with Gasteiger partial charge in [-0.2, -0.15) is 0 Å². The van der Waals surface area contributed by atoms with Crippen LogP contribution in [0.1, 0.15) is 0 Å². The number of para-hydroxylation sites is 1. The predicted molar refractivity (Wildman–Crippen MR) is 222 cm³/mol. The van der Waals surface area contributed by atoms with E-state index in [0.717, 1.165) is 89.6 Å². The van der Waals surface area contributed by atoms with Crippen LogP contribution in [0.25, 0.3) is 95.4 Å². The molecule has 0 aliphatic heterocycles. The highest BCUT2D eigenvalue weighted by molar-refractivity contribution is 6.07. The number of fused-ring (bicyclic) bond motifs is 3. The van der Waals surface area contributed by atoms with Crippen molar-refractivity contribution in [2.75, 3.05) is 0 Å². The summed E-state index contributed by atoms with van der Waals surface area (Å²) in [6.45, 7) is 0. The van der Waals surface area contributed by atoms with Crippen LogP contribution in [0.5, 0.6) is 0 Å². The van der Waals surface area contributed by atoms with Crippen LogP contribution in [0, 0.1) is 0 Å². The lowest BCUT2D eigenvalue weighted by molar-refractivity contribution is 1.10. The summed E-state index contributed by atoms with van der Waals surface area (Å²) < 4.78 is 2.22. The topological polar surface area (TPSA) is 69.4 Å². The minimum absolute atomic E-state index is 0.688. The molecular weight excluding hydrogens is 673 g/mol. The minimum atomic E-state index is 0.688. The molecule has 4 heterocycles. The normalized spacial score (nSPS) is 11.3. The first kappa shape index (κ1) is 32.1. The summed E-state index contributed by atoms with van der Waals surface area (Å²) in [5.41, 5.74) is 14.2. The van der Waals surface area contributed by atoms with Gasteiger partial charge in [0, 0.05) is 39.7 Å². The van der Waals surface area contributed by atoms with Gasteiger partial charge in [0.05, 0.1) is 22.6 Å². The maximum atomic E-state index is 5.33. The van der Waals surface area contributed by atoms with Crippen LogP contribution in [0.3, 0.4) is 0 Å². The van der Waals surface area contributed by atoms with Crippen LogP contribution in [0.15, 0.2) is 194 Å². The Morgan fingerprint density at radius 2 is 0.873 bits per heavy atom. The van der Waals surface area contributed by atoms with Gasteiger partial charge in [0.2, 0.25) is 0 Å². The quantitative estimate of drug-likeness (QED) is 0.165. The molecule has 0 radical (unpaired) electrons. The molecule has 0 aliphatic carbocycles. The smallest absolute Gasteiger partial charge is 0.160 e. The fourth-order valence-corrected chi connectivity index (χ4v) is 7.18. The molecule has 4 aromatic heterocycles.